The average molecular weight is 288 g/mol. The first-order valence-electron chi connectivity index (χ1n) is 6.98. The second-order valence-corrected chi connectivity index (χ2v) is 5.55. The molecule has 0 amide bonds. The summed E-state index contributed by atoms with van der Waals surface area (Å²) in [5.41, 5.74) is 2.43. The second-order valence-electron chi connectivity index (χ2n) is 5.55. The number of carboxylic acid groups (broad SMARTS) is 1. The SMILES string of the molecule is CC(=O)c1ccc2[nH]cc(C[C@H](NC(C)C)C(=O)O)c2c1. The van der Waals surface area contributed by atoms with Gasteiger partial charge in [-0.2, -0.15) is 0 Å². The van der Waals surface area contributed by atoms with Crippen molar-refractivity contribution in [2.75, 3.05) is 0 Å². The van der Waals surface area contributed by atoms with Gasteiger partial charge in [-0.25, -0.2) is 0 Å². The van der Waals surface area contributed by atoms with Gasteiger partial charge in [-0.1, -0.05) is 13.8 Å². The summed E-state index contributed by atoms with van der Waals surface area (Å²) in [5.74, 6) is -0.875. The lowest BCUT2D eigenvalue weighted by atomic mass is 10.0. The molecule has 112 valence electrons. The van der Waals surface area contributed by atoms with Crippen molar-refractivity contribution < 1.29 is 14.7 Å². The number of hydrogen-bond donors (Lipinski definition) is 3. The van der Waals surface area contributed by atoms with Crippen LogP contribution in [0.1, 0.15) is 36.7 Å². The number of nitrogens with one attached hydrogen (secondary N) is 2. The first kappa shape index (κ1) is 15.3. The summed E-state index contributed by atoms with van der Waals surface area (Å²) in [5, 5.41) is 13.3. The Morgan fingerprint density at radius 3 is 2.62 bits per heavy atom. The molecule has 5 nitrogen and oxygen atoms in total. The van der Waals surface area contributed by atoms with Crippen LogP contribution in [0, 0.1) is 0 Å². The van der Waals surface area contributed by atoms with Gasteiger partial charge in [-0.15, -0.1) is 0 Å². The van der Waals surface area contributed by atoms with Crippen molar-refractivity contribution in [1.82, 2.24) is 10.3 Å². The Hall–Kier alpha value is -2.14. The predicted molar refractivity (Wildman–Crippen MR) is 81.7 cm³/mol. The molecule has 1 aromatic heterocycles. The number of hydrogen-bond acceptors (Lipinski definition) is 3. The monoisotopic (exact) mass is 288 g/mol. The summed E-state index contributed by atoms with van der Waals surface area (Å²) in [7, 11) is 0. The molecule has 21 heavy (non-hydrogen) atoms. The maximum absolute atomic E-state index is 11.5. The fourth-order valence-electron chi connectivity index (χ4n) is 2.41. The molecule has 0 spiro atoms. The number of rotatable bonds is 6. The van der Waals surface area contributed by atoms with Crippen LogP contribution < -0.4 is 5.32 Å². The highest BCUT2D eigenvalue weighted by molar-refractivity contribution is 5.98. The van der Waals surface area contributed by atoms with Gasteiger partial charge in [0.1, 0.15) is 6.04 Å². The number of benzene rings is 1. The molecule has 0 unspecified atom stereocenters. The summed E-state index contributed by atoms with van der Waals surface area (Å²) in [6.07, 6.45) is 2.18. The van der Waals surface area contributed by atoms with E-state index in [1.807, 2.05) is 32.2 Å². The zero-order valence-electron chi connectivity index (χ0n) is 12.4. The number of Topliss-reactive ketones (excluding diaryl/α,β-unsaturated/α-hetero) is 1. The van der Waals surface area contributed by atoms with Crippen molar-refractivity contribution in [1.29, 1.82) is 0 Å². The molecule has 0 aliphatic rings. The van der Waals surface area contributed by atoms with Crippen molar-refractivity contribution >= 4 is 22.7 Å². The molecule has 1 aromatic carbocycles. The molecule has 1 heterocycles. The van der Waals surface area contributed by atoms with Gasteiger partial charge < -0.3 is 15.4 Å². The molecule has 3 N–H and O–H groups in total. The smallest absolute Gasteiger partial charge is 0.321 e. The summed E-state index contributed by atoms with van der Waals surface area (Å²) in [4.78, 5) is 25.9. The quantitative estimate of drug-likeness (QED) is 0.713. The van der Waals surface area contributed by atoms with Gasteiger partial charge in [0.2, 0.25) is 0 Å². The van der Waals surface area contributed by atoms with Crippen molar-refractivity contribution in [2.45, 2.75) is 39.3 Å². The number of fused-ring (bicyclic) bond motifs is 1. The van der Waals surface area contributed by atoms with Gasteiger partial charge in [0, 0.05) is 35.1 Å². The second kappa shape index (κ2) is 6.10. The van der Waals surface area contributed by atoms with Crippen molar-refractivity contribution in [3.8, 4) is 0 Å². The number of aromatic nitrogens is 1. The molecule has 0 aliphatic carbocycles. The fraction of sp³-hybridized carbons (Fsp3) is 0.375. The van der Waals surface area contributed by atoms with Gasteiger partial charge >= 0.3 is 5.97 Å². The Morgan fingerprint density at radius 1 is 1.33 bits per heavy atom. The van der Waals surface area contributed by atoms with Crippen LogP contribution in [0.25, 0.3) is 10.9 Å². The van der Waals surface area contributed by atoms with E-state index in [0.717, 1.165) is 16.5 Å². The molecule has 0 saturated carbocycles. The minimum atomic E-state index is -0.874. The Morgan fingerprint density at radius 2 is 2.05 bits per heavy atom. The molecular weight excluding hydrogens is 268 g/mol. The maximum atomic E-state index is 11.5. The molecule has 0 aliphatic heterocycles. The first-order valence-corrected chi connectivity index (χ1v) is 6.98. The molecule has 5 heteroatoms. The summed E-state index contributed by atoms with van der Waals surface area (Å²) < 4.78 is 0. The van der Waals surface area contributed by atoms with Crippen LogP contribution in [0.2, 0.25) is 0 Å². The third-order valence-electron chi connectivity index (χ3n) is 3.43. The zero-order valence-corrected chi connectivity index (χ0v) is 12.4. The lowest BCUT2D eigenvalue weighted by Crippen LogP contribution is -2.42. The van der Waals surface area contributed by atoms with Crippen LogP contribution in [0.15, 0.2) is 24.4 Å². The summed E-state index contributed by atoms with van der Waals surface area (Å²) in [6, 6.07) is 4.87. The van der Waals surface area contributed by atoms with E-state index in [1.165, 1.54) is 6.92 Å². The highest BCUT2D eigenvalue weighted by Crippen LogP contribution is 2.21. The number of H-pyrrole nitrogens is 1. The topological polar surface area (TPSA) is 82.2 Å². The van der Waals surface area contributed by atoms with Crippen molar-refractivity contribution in [2.24, 2.45) is 0 Å². The maximum Gasteiger partial charge on any atom is 0.321 e. The van der Waals surface area contributed by atoms with Gasteiger partial charge in [-0.3, -0.25) is 9.59 Å². The molecule has 2 rings (SSSR count). The van der Waals surface area contributed by atoms with Crippen LogP contribution >= 0.6 is 0 Å². The van der Waals surface area contributed by atoms with E-state index in [9.17, 15) is 14.7 Å². The minimum absolute atomic E-state index is 0.000796. The van der Waals surface area contributed by atoms with E-state index in [0.29, 0.717) is 12.0 Å². The summed E-state index contributed by atoms with van der Waals surface area (Å²) >= 11 is 0. The van der Waals surface area contributed by atoms with E-state index < -0.39 is 12.0 Å². The number of carboxylic acids is 1. The molecular formula is C16H20N2O3. The molecule has 0 fully saturated rings. The van der Waals surface area contributed by atoms with E-state index in [1.54, 1.807) is 6.07 Å². The number of carbonyl (C=O) groups excluding carboxylic acids is 1. The Kier molecular flexibility index (Phi) is 4.43. The predicted octanol–water partition coefficient (Wildman–Crippen LogP) is 2.36. The molecule has 0 bridgehead atoms. The van der Waals surface area contributed by atoms with E-state index in [-0.39, 0.29) is 11.8 Å². The van der Waals surface area contributed by atoms with E-state index >= 15 is 0 Å². The fourth-order valence-corrected chi connectivity index (χ4v) is 2.41. The zero-order chi connectivity index (χ0) is 15.6. The number of carbonyl (C=O) groups is 2. The Balaban J connectivity index is 2.34. The number of ketones is 1. The third-order valence-corrected chi connectivity index (χ3v) is 3.43. The van der Waals surface area contributed by atoms with Crippen molar-refractivity contribution in [3.05, 3.63) is 35.5 Å². The Bertz CT molecular complexity index is 673. The lowest BCUT2D eigenvalue weighted by Gasteiger charge is -2.16. The van der Waals surface area contributed by atoms with Crippen LogP contribution in [0.4, 0.5) is 0 Å². The van der Waals surface area contributed by atoms with Crippen LogP contribution in [-0.4, -0.2) is 33.9 Å². The van der Waals surface area contributed by atoms with Crippen LogP contribution in [0.5, 0.6) is 0 Å². The number of aliphatic carboxylic acids is 1. The Labute approximate surface area is 123 Å². The summed E-state index contributed by atoms with van der Waals surface area (Å²) in [6.45, 7) is 5.35. The first-order chi connectivity index (χ1) is 9.88. The van der Waals surface area contributed by atoms with Gasteiger partial charge in [-0.05, 0) is 30.7 Å². The minimum Gasteiger partial charge on any atom is -0.480 e. The highest BCUT2D eigenvalue weighted by Gasteiger charge is 2.20. The molecule has 2 aromatic rings. The van der Waals surface area contributed by atoms with Crippen LogP contribution in [-0.2, 0) is 11.2 Å². The lowest BCUT2D eigenvalue weighted by molar-refractivity contribution is -0.139. The van der Waals surface area contributed by atoms with Crippen LogP contribution in [0.3, 0.4) is 0 Å². The van der Waals surface area contributed by atoms with Gasteiger partial charge in [0.25, 0.3) is 0 Å². The highest BCUT2D eigenvalue weighted by atomic mass is 16.4. The third kappa shape index (κ3) is 3.49. The van der Waals surface area contributed by atoms with E-state index in [2.05, 4.69) is 10.3 Å². The van der Waals surface area contributed by atoms with Gasteiger partial charge in [0.05, 0.1) is 0 Å². The van der Waals surface area contributed by atoms with Crippen molar-refractivity contribution in [3.63, 3.8) is 0 Å². The molecule has 1 atom stereocenters. The van der Waals surface area contributed by atoms with Gasteiger partial charge in [0.15, 0.2) is 5.78 Å². The molecule has 0 saturated heterocycles. The standard InChI is InChI=1S/C16H20N2O3/c1-9(2)18-15(16(20)21)7-12-8-17-14-5-4-11(10(3)19)6-13(12)14/h4-6,8-9,15,17-18H,7H2,1-3H3,(H,20,21)/t15-/m0/s1. The normalized spacial score (nSPS) is 12.8. The number of aromatic amines is 1. The largest absolute Gasteiger partial charge is 0.480 e. The average Bonchev–Trinajstić information content (AvgIpc) is 2.79. The molecule has 0 radical (unpaired) electrons. The van der Waals surface area contributed by atoms with E-state index in [4.69, 9.17) is 0 Å².